The van der Waals surface area contributed by atoms with Crippen molar-refractivity contribution < 1.29 is 28.0 Å². The number of amides is 1. The third kappa shape index (κ3) is 23.6. The predicted molar refractivity (Wildman–Crippen MR) is 153 cm³/mol. The number of nitrogens with one attached hydrogen (secondary N) is 1. The summed E-state index contributed by atoms with van der Waals surface area (Å²) in [5, 5.41) is 23.0. The molecular formula is C29H55NO6S. The summed E-state index contributed by atoms with van der Waals surface area (Å²) < 4.78 is 32.1. The number of hydrogen-bond acceptors (Lipinski definition) is 5. The number of allylic oxidation sites excluding steroid dienone is 3. The highest BCUT2D eigenvalue weighted by Gasteiger charge is 2.27. The fourth-order valence-electron chi connectivity index (χ4n) is 4.17. The van der Waals surface area contributed by atoms with Gasteiger partial charge in [-0.2, -0.15) is 8.42 Å². The molecule has 0 rings (SSSR count). The van der Waals surface area contributed by atoms with Crippen molar-refractivity contribution in [3.63, 3.8) is 0 Å². The summed E-state index contributed by atoms with van der Waals surface area (Å²) in [6.07, 6.45) is 23.9. The van der Waals surface area contributed by atoms with Gasteiger partial charge >= 0.3 is 0 Å². The van der Waals surface area contributed by atoms with E-state index in [0.29, 0.717) is 12.8 Å². The van der Waals surface area contributed by atoms with Crippen LogP contribution in [0.4, 0.5) is 0 Å². The molecule has 0 heterocycles. The maximum absolute atomic E-state index is 12.4. The number of hydrogen-bond donors (Lipinski definition) is 4. The maximum Gasteiger partial charge on any atom is 0.267 e. The molecule has 3 atom stereocenters. The van der Waals surface area contributed by atoms with Gasteiger partial charge in [0.05, 0.1) is 17.9 Å². The first-order valence-corrected chi connectivity index (χ1v) is 16.3. The van der Waals surface area contributed by atoms with Crippen LogP contribution in [0.15, 0.2) is 24.3 Å². The normalized spacial score (nSPS) is 14.8. The van der Waals surface area contributed by atoms with Crippen LogP contribution in [0.2, 0.25) is 0 Å². The van der Waals surface area contributed by atoms with Gasteiger partial charge in [0, 0.05) is 0 Å². The lowest BCUT2D eigenvalue weighted by Crippen LogP contribution is -2.50. The molecule has 0 aliphatic carbocycles. The van der Waals surface area contributed by atoms with Crippen LogP contribution in [-0.4, -0.2) is 53.1 Å². The van der Waals surface area contributed by atoms with Crippen LogP contribution < -0.4 is 5.32 Å². The molecule has 1 amide bonds. The number of rotatable bonds is 25. The van der Waals surface area contributed by atoms with Crippen molar-refractivity contribution in [1.82, 2.24) is 5.32 Å². The standard InChI is InChI=1S/C29H55NO6S/c1-3-5-7-9-11-13-15-17-19-21-23-27(31)26(25-37(34,35)36)30-29(33)28(32)24-22-20-18-16-14-12-10-8-6-4-2/h13,15,21,23,26-28,31-32H,3-12,14,16-20,22,24-25H2,1-2H3,(H,30,33)(H,34,35,36)/b15-13+,23-21+. The Morgan fingerprint density at radius 1 is 0.730 bits per heavy atom. The fraction of sp³-hybridized carbons (Fsp3) is 0.828. The summed E-state index contributed by atoms with van der Waals surface area (Å²) in [6, 6.07) is -1.24. The smallest absolute Gasteiger partial charge is 0.267 e. The van der Waals surface area contributed by atoms with E-state index >= 15 is 0 Å². The first-order chi connectivity index (χ1) is 17.7. The quantitative estimate of drug-likeness (QED) is 0.0610. The fourth-order valence-corrected chi connectivity index (χ4v) is 4.91. The van der Waals surface area contributed by atoms with Crippen LogP contribution in [0.1, 0.15) is 129 Å². The molecule has 0 aliphatic heterocycles. The Labute approximate surface area is 227 Å². The summed E-state index contributed by atoms with van der Waals surface area (Å²) in [7, 11) is -4.43. The second kappa shape index (κ2) is 23.9. The molecule has 0 saturated carbocycles. The molecule has 0 aromatic rings. The minimum Gasteiger partial charge on any atom is -0.387 e. The van der Waals surface area contributed by atoms with Crippen LogP contribution in [-0.2, 0) is 14.9 Å². The van der Waals surface area contributed by atoms with Crippen molar-refractivity contribution >= 4 is 16.0 Å². The van der Waals surface area contributed by atoms with Gasteiger partial charge in [0.1, 0.15) is 6.10 Å². The SMILES string of the molecule is CCCCCC/C=C/CC/C=C/C(O)C(CS(=O)(=O)O)NC(=O)C(O)CCCCCCCCCCCC. The molecule has 8 heteroatoms. The Bertz CT molecular complexity index is 707. The van der Waals surface area contributed by atoms with Gasteiger partial charge < -0.3 is 15.5 Å². The van der Waals surface area contributed by atoms with Crippen molar-refractivity contribution in [3.05, 3.63) is 24.3 Å². The van der Waals surface area contributed by atoms with E-state index < -0.39 is 40.0 Å². The molecule has 7 nitrogen and oxygen atoms in total. The van der Waals surface area contributed by atoms with Gasteiger partial charge in [0.15, 0.2) is 0 Å². The number of carbonyl (C=O) groups is 1. The van der Waals surface area contributed by atoms with E-state index in [-0.39, 0.29) is 6.42 Å². The number of unbranched alkanes of at least 4 members (excludes halogenated alkanes) is 14. The second-order valence-electron chi connectivity index (χ2n) is 10.2. The van der Waals surface area contributed by atoms with Crippen molar-refractivity contribution in [1.29, 1.82) is 0 Å². The zero-order valence-corrected chi connectivity index (χ0v) is 24.3. The molecule has 0 bridgehead atoms. The van der Waals surface area contributed by atoms with Crippen molar-refractivity contribution in [2.75, 3.05) is 5.75 Å². The molecule has 0 radical (unpaired) electrons. The number of aliphatic hydroxyl groups is 2. The van der Waals surface area contributed by atoms with Crippen LogP contribution in [0, 0.1) is 0 Å². The van der Waals surface area contributed by atoms with E-state index in [1.807, 2.05) is 0 Å². The third-order valence-corrected chi connectivity index (χ3v) is 7.27. The lowest BCUT2D eigenvalue weighted by molar-refractivity contribution is -0.130. The molecule has 3 unspecified atom stereocenters. The third-order valence-electron chi connectivity index (χ3n) is 6.49. The largest absolute Gasteiger partial charge is 0.387 e. The molecule has 0 spiro atoms. The molecule has 0 aromatic carbocycles. The van der Waals surface area contributed by atoms with Gasteiger partial charge in [-0.15, -0.1) is 0 Å². The summed E-state index contributed by atoms with van der Waals surface area (Å²) in [4.78, 5) is 12.4. The summed E-state index contributed by atoms with van der Waals surface area (Å²) in [6.45, 7) is 4.39. The van der Waals surface area contributed by atoms with Gasteiger partial charge in [-0.25, -0.2) is 0 Å². The minimum atomic E-state index is -4.43. The van der Waals surface area contributed by atoms with E-state index in [1.54, 1.807) is 6.08 Å². The summed E-state index contributed by atoms with van der Waals surface area (Å²) >= 11 is 0. The topological polar surface area (TPSA) is 124 Å². The van der Waals surface area contributed by atoms with Crippen LogP contribution in [0.3, 0.4) is 0 Å². The molecule has 0 saturated heterocycles. The van der Waals surface area contributed by atoms with Crippen LogP contribution in [0.25, 0.3) is 0 Å². The second-order valence-corrected chi connectivity index (χ2v) is 11.7. The Balaban J connectivity index is 4.35. The zero-order valence-electron chi connectivity index (χ0n) is 23.5. The Kier molecular flexibility index (Phi) is 23.1. The predicted octanol–water partition coefficient (Wildman–Crippen LogP) is 6.25. The Hall–Kier alpha value is -1.22. The van der Waals surface area contributed by atoms with Crippen molar-refractivity contribution in [2.24, 2.45) is 0 Å². The summed E-state index contributed by atoms with van der Waals surface area (Å²) in [5.74, 6) is -1.56. The zero-order chi connectivity index (χ0) is 27.8. The molecule has 0 fully saturated rings. The van der Waals surface area contributed by atoms with E-state index in [2.05, 4.69) is 31.3 Å². The van der Waals surface area contributed by atoms with Gasteiger partial charge in [0.2, 0.25) is 5.91 Å². The summed E-state index contributed by atoms with van der Waals surface area (Å²) in [5.41, 5.74) is 0. The lowest BCUT2D eigenvalue weighted by Gasteiger charge is -2.22. The van der Waals surface area contributed by atoms with E-state index in [0.717, 1.165) is 32.1 Å². The molecule has 0 aliphatic rings. The monoisotopic (exact) mass is 545 g/mol. The molecule has 0 aromatic heterocycles. The average Bonchev–Trinajstić information content (AvgIpc) is 2.84. The number of carbonyl (C=O) groups excluding carboxylic acids is 1. The highest BCUT2D eigenvalue weighted by Crippen LogP contribution is 2.12. The van der Waals surface area contributed by atoms with Gasteiger partial charge in [-0.05, 0) is 32.1 Å². The number of aliphatic hydroxyl groups excluding tert-OH is 2. The first-order valence-electron chi connectivity index (χ1n) is 14.6. The van der Waals surface area contributed by atoms with Gasteiger partial charge in [-0.3, -0.25) is 9.35 Å². The van der Waals surface area contributed by atoms with Crippen LogP contribution in [0.5, 0.6) is 0 Å². The Morgan fingerprint density at radius 3 is 1.78 bits per heavy atom. The van der Waals surface area contributed by atoms with E-state index in [1.165, 1.54) is 70.3 Å². The van der Waals surface area contributed by atoms with E-state index in [4.69, 9.17) is 0 Å². The minimum absolute atomic E-state index is 0.275. The Morgan fingerprint density at radius 2 is 1.22 bits per heavy atom. The first kappa shape index (κ1) is 35.8. The lowest BCUT2D eigenvalue weighted by atomic mass is 10.0. The van der Waals surface area contributed by atoms with E-state index in [9.17, 15) is 28.0 Å². The maximum atomic E-state index is 12.4. The molecule has 4 N–H and O–H groups in total. The highest BCUT2D eigenvalue weighted by molar-refractivity contribution is 7.85. The van der Waals surface area contributed by atoms with Crippen molar-refractivity contribution in [2.45, 2.75) is 148 Å². The van der Waals surface area contributed by atoms with Crippen molar-refractivity contribution in [3.8, 4) is 0 Å². The molecule has 37 heavy (non-hydrogen) atoms. The average molecular weight is 546 g/mol. The molecular weight excluding hydrogens is 490 g/mol. The van der Waals surface area contributed by atoms with Gasteiger partial charge in [0.25, 0.3) is 10.1 Å². The highest BCUT2D eigenvalue weighted by atomic mass is 32.2. The van der Waals surface area contributed by atoms with Gasteiger partial charge in [-0.1, -0.05) is 122 Å². The molecule has 218 valence electrons. The van der Waals surface area contributed by atoms with Crippen LogP contribution >= 0.6 is 0 Å².